The van der Waals surface area contributed by atoms with Crippen LogP contribution in [0.25, 0.3) is 16.8 Å². The lowest BCUT2D eigenvalue weighted by molar-refractivity contribution is 0.196. The smallest absolute Gasteiger partial charge is 0.156 e. The van der Waals surface area contributed by atoms with Gasteiger partial charge in [-0.05, 0) is 37.6 Å². The molecule has 27 heavy (non-hydrogen) atoms. The maximum atomic E-state index is 4.80. The topological polar surface area (TPSA) is 59.2 Å². The Bertz CT molecular complexity index is 1030. The first-order chi connectivity index (χ1) is 13.3. The van der Waals surface area contributed by atoms with Gasteiger partial charge in [-0.15, -0.1) is 11.3 Å². The Morgan fingerprint density at radius 3 is 3.00 bits per heavy atom. The molecular formula is C20H20N6S. The highest BCUT2D eigenvalue weighted by molar-refractivity contribution is 7.09. The lowest BCUT2D eigenvalue weighted by Crippen LogP contribution is -2.34. The van der Waals surface area contributed by atoms with Crippen molar-refractivity contribution in [2.24, 2.45) is 0 Å². The molecule has 0 aromatic carbocycles. The summed E-state index contributed by atoms with van der Waals surface area (Å²) >= 11 is 1.72. The molecule has 4 aromatic rings. The van der Waals surface area contributed by atoms with Crippen molar-refractivity contribution in [1.29, 1.82) is 0 Å². The molecule has 0 radical (unpaired) electrons. The number of rotatable bonds is 4. The normalized spacial score (nSPS) is 18.1. The van der Waals surface area contributed by atoms with Crippen molar-refractivity contribution in [1.82, 2.24) is 29.5 Å². The van der Waals surface area contributed by atoms with Crippen molar-refractivity contribution in [3.05, 3.63) is 65.3 Å². The van der Waals surface area contributed by atoms with Crippen molar-refractivity contribution >= 4 is 17.0 Å². The zero-order valence-corrected chi connectivity index (χ0v) is 15.7. The molecule has 1 atom stereocenters. The van der Waals surface area contributed by atoms with E-state index >= 15 is 0 Å². The quantitative estimate of drug-likeness (QED) is 0.544. The van der Waals surface area contributed by atoms with Gasteiger partial charge in [0.25, 0.3) is 0 Å². The molecular weight excluding hydrogens is 356 g/mol. The van der Waals surface area contributed by atoms with Crippen LogP contribution in [0.15, 0.2) is 54.4 Å². The molecule has 1 aliphatic rings. The van der Waals surface area contributed by atoms with Gasteiger partial charge in [-0.2, -0.15) is 5.10 Å². The number of thiazole rings is 1. The Kier molecular flexibility index (Phi) is 4.39. The number of hydrogen-bond acceptors (Lipinski definition) is 6. The third kappa shape index (κ3) is 3.48. The summed E-state index contributed by atoms with van der Waals surface area (Å²) in [5.41, 5.74) is 3.08. The van der Waals surface area contributed by atoms with E-state index in [4.69, 9.17) is 10.1 Å². The molecule has 7 heteroatoms. The van der Waals surface area contributed by atoms with Crippen molar-refractivity contribution in [2.45, 2.75) is 25.3 Å². The summed E-state index contributed by atoms with van der Waals surface area (Å²) in [7, 11) is 0. The SMILES string of the molecule is c1cncc(-c2ccc3nc(C4CCCN(Cc5nccs5)C4)nn3c2)c1. The average Bonchev–Trinajstić information content (AvgIpc) is 3.38. The fourth-order valence-electron chi connectivity index (χ4n) is 3.71. The van der Waals surface area contributed by atoms with Gasteiger partial charge in [0, 0.05) is 53.8 Å². The number of hydrogen-bond donors (Lipinski definition) is 0. The number of nitrogens with zero attached hydrogens (tertiary/aromatic N) is 6. The zero-order valence-electron chi connectivity index (χ0n) is 14.9. The molecule has 5 rings (SSSR count). The van der Waals surface area contributed by atoms with Crippen LogP contribution in [0, 0.1) is 0 Å². The summed E-state index contributed by atoms with van der Waals surface area (Å²) in [4.78, 5) is 15.9. The molecule has 1 aliphatic heterocycles. The minimum Gasteiger partial charge on any atom is -0.296 e. The molecule has 6 nitrogen and oxygen atoms in total. The molecule has 136 valence electrons. The fraction of sp³-hybridized carbons (Fsp3) is 0.300. The summed E-state index contributed by atoms with van der Waals surface area (Å²) in [6, 6.07) is 8.13. The summed E-state index contributed by atoms with van der Waals surface area (Å²) < 4.78 is 1.90. The summed E-state index contributed by atoms with van der Waals surface area (Å²) in [5.74, 6) is 1.32. The van der Waals surface area contributed by atoms with Crippen LogP contribution < -0.4 is 0 Å². The number of likely N-dealkylation sites (tertiary alicyclic amines) is 1. The lowest BCUT2D eigenvalue weighted by atomic mass is 9.97. The maximum Gasteiger partial charge on any atom is 0.156 e. The van der Waals surface area contributed by atoms with E-state index in [0.29, 0.717) is 5.92 Å². The molecule has 0 spiro atoms. The van der Waals surface area contributed by atoms with Gasteiger partial charge in [0.05, 0.1) is 6.54 Å². The van der Waals surface area contributed by atoms with Crippen molar-refractivity contribution < 1.29 is 0 Å². The molecule has 0 aliphatic carbocycles. The Labute approximate surface area is 161 Å². The van der Waals surface area contributed by atoms with Crippen LogP contribution in [0.4, 0.5) is 0 Å². The average molecular weight is 376 g/mol. The van der Waals surface area contributed by atoms with Crippen LogP contribution in [0.1, 0.15) is 29.6 Å². The molecule has 1 unspecified atom stereocenters. The van der Waals surface area contributed by atoms with Crippen molar-refractivity contribution in [3.8, 4) is 11.1 Å². The third-order valence-corrected chi connectivity index (χ3v) is 5.82. The highest BCUT2D eigenvalue weighted by atomic mass is 32.1. The van der Waals surface area contributed by atoms with Gasteiger partial charge in [0.15, 0.2) is 11.5 Å². The number of piperidine rings is 1. The Morgan fingerprint density at radius 2 is 2.15 bits per heavy atom. The monoisotopic (exact) mass is 376 g/mol. The van der Waals surface area contributed by atoms with Gasteiger partial charge in [-0.3, -0.25) is 9.88 Å². The molecule has 1 fully saturated rings. The van der Waals surface area contributed by atoms with Gasteiger partial charge in [0.1, 0.15) is 5.01 Å². The Morgan fingerprint density at radius 1 is 1.15 bits per heavy atom. The van der Waals surface area contributed by atoms with Gasteiger partial charge in [0.2, 0.25) is 0 Å². The van der Waals surface area contributed by atoms with Crippen molar-refractivity contribution in [3.63, 3.8) is 0 Å². The van der Waals surface area contributed by atoms with E-state index in [1.807, 2.05) is 40.6 Å². The van der Waals surface area contributed by atoms with E-state index in [0.717, 1.165) is 48.7 Å². The van der Waals surface area contributed by atoms with E-state index < -0.39 is 0 Å². The minimum atomic E-state index is 0.375. The Balaban J connectivity index is 1.38. The van der Waals surface area contributed by atoms with Crippen LogP contribution in [0.3, 0.4) is 0 Å². The predicted octanol–water partition coefficient (Wildman–Crippen LogP) is 3.63. The fourth-order valence-corrected chi connectivity index (χ4v) is 4.37. The van der Waals surface area contributed by atoms with Crippen LogP contribution in [-0.4, -0.2) is 42.6 Å². The largest absolute Gasteiger partial charge is 0.296 e. The number of pyridine rings is 2. The highest BCUT2D eigenvalue weighted by Crippen LogP contribution is 2.27. The van der Waals surface area contributed by atoms with E-state index in [9.17, 15) is 0 Å². The molecule has 1 saturated heterocycles. The van der Waals surface area contributed by atoms with Crippen LogP contribution in [0.5, 0.6) is 0 Å². The van der Waals surface area contributed by atoms with Crippen LogP contribution >= 0.6 is 11.3 Å². The second-order valence-corrected chi connectivity index (χ2v) is 7.91. The standard InChI is InChI=1S/C20H20N6S/c1-3-15(11-21-7-1)16-5-6-18-23-20(24-26(18)13-16)17-4-2-9-25(12-17)14-19-22-8-10-27-19/h1,3,5-8,10-11,13,17H,2,4,9,12,14H2. The van der Waals surface area contributed by atoms with Crippen LogP contribution in [0.2, 0.25) is 0 Å². The van der Waals surface area contributed by atoms with Gasteiger partial charge >= 0.3 is 0 Å². The first-order valence-electron chi connectivity index (χ1n) is 9.22. The minimum absolute atomic E-state index is 0.375. The first-order valence-corrected chi connectivity index (χ1v) is 10.1. The predicted molar refractivity (Wildman–Crippen MR) is 106 cm³/mol. The number of fused-ring (bicyclic) bond motifs is 1. The van der Waals surface area contributed by atoms with Gasteiger partial charge in [-0.1, -0.05) is 6.07 Å². The van der Waals surface area contributed by atoms with Crippen LogP contribution in [-0.2, 0) is 6.54 Å². The van der Waals surface area contributed by atoms with Gasteiger partial charge in [-0.25, -0.2) is 14.5 Å². The van der Waals surface area contributed by atoms with E-state index in [1.165, 1.54) is 11.4 Å². The molecule has 0 bridgehead atoms. The molecule has 4 aromatic heterocycles. The van der Waals surface area contributed by atoms with E-state index in [1.54, 1.807) is 17.5 Å². The first kappa shape index (κ1) is 16.5. The third-order valence-electron chi connectivity index (χ3n) is 5.06. The van der Waals surface area contributed by atoms with Gasteiger partial charge < -0.3 is 0 Å². The lowest BCUT2D eigenvalue weighted by Gasteiger charge is -2.30. The molecule has 0 saturated carbocycles. The van der Waals surface area contributed by atoms with E-state index in [2.05, 4.69) is 27.0 Å². The maximum absolute atomic E-state index is 4.80. The zero-order chi connectivity index (χ0) is 18.1. The van der Waals surface area contributed by atoms with Crippen molar-refractivity contribution in [2.75, 3.05) is 13.1 Å². The van der Waals surface area contributed by atoms with E-state index in [-0.39, 0.29) is 0 Å². The summed E-state index contributed by atoms with van der Waals surface area (Å²) in [6.07, 6.45) is 9.89. The second-order valence-electron chi connectivity index (χ2n) is 6.93. The molecule has 5 heterocycles. The molecule has 0 N–H and O–H groups in total. The highest BCUT2D eigenvalue weighted by Gasteiger charge is 2.25. The summed E-state index contributed by atoms with van der Waals surface area (Å²) in [6.45, 7) is 3.03. The Hall–Kier alpha value is -2.64. The number of aromatic nitrogens is 5. The summed E-state index contributed by atoms with van der Waals surface area (Å²) in [5, 5.41) is 8.02. The molecule has 0 amide bonds. The second kappa shape index (κ2) is 7.17.